The second kappa shape index (κ2) is 21.4. The molecule has 22 nitrogen and oxygen atoms in total. The quantitative estimate of drug-likeness (QED) is 0.126. The molecule has 0 radical (unpaired) electrons. The largest absolute Gasteiger partial charge is 0.481 e. The van der Waals surface area contributed by atoms with Crippen LogP contribution in [0.1, 0.15) is 147 Å². The Labute approximate surface area is 497 Å². The molecule has 458 valence electrons. The summed E-state index contributed by atoms with van der Waals surface area (Å²) in [6.07, 6.45) is 27.5. The molecule has 16 aliphatic rings. The van der Waals surface area contributed by atoms with E-state index < -0.39 is 50.4 Å². The highest BCUT2D eigenvalue weighted by Gasteiger charge is 2.63. The van der Waals surface area contributed by atoms with Gasteiger partial charge in [-0.1, -0.05) is 0 Å². The van der Waals surface area contributed by atoms with Crippen LogP contribution in [-0.4, -0.2) is 125 Å². The molecule has 8 atom stereocenters. The maximum absolute atomic E-state index is 13.6. The molecule has 1 N–H and O–H groups in total. The lowest BCUT2D eigenvalue weighted by Crippen LogP contribution is -2.56. The number of hydrogen-bond donors (Lipinski definition) is 1. The molecule has 19 rings (SSSR count). The van der Waals surface area contributed by atoms with Gasteiger partial charge in [0.2, 0.25) is 5.91 Å². The lowest BCUT2D eigenvalue weighted by atomic mass is 9.49. The third-order valence-electron chi connectivity index (χ3n) is 23.0. The fraction of sp³-hybridized carbons (Fsp3) is 0.688. The van der Waals surface area contributed by atoms with E-state index >= 15 is 0 Å². The number of hydrogen-bond acceptors (Lipinski definition) is 18. The number of esters is 4. The maximum atomic E-state index is 13.6. The number of imidazole rings is 3. The lowest BCUT2D eigenvalue weighted by molar-refractivity contribution is -0.186. The zero-order chi connectivity index (χ0) is 60.3. The second-order valence-corrected chi connectivity index (χ2v) is 29.3. The summed E-state index contributed by atoms with van der Waals surface area (Å²) in [5.74, 6) is -1.01. The first-order valence-electron chi connectivity index (χ1n) is 31.1. The Morgan fingerprint density at radius 1 is 0.419 bits per heavy atom. The Kier molecular flexibility index (Phi) is 14.4. The first-order valence-corrected chi connectivity index (χ1v) is 31.1. The van der Waals surface area contributed by atoms with Gasteiger partial charge in [0.15, 0.2) is 0 Å². The van der Waals surface area contributed by atoms with E-state index in [0.717, 1.165) is 64.2 Å². The summed E-state index contributed by atoms with van der Waals surface area (Å²) in [6, 6.07) is -0.190. The van der Waals surface area contributed by atoms with Crippen molar-refractivity contribution in [3.63, 3.8) is 0 Å². The van der Waals surface area contributed by atoms with E-state index in [-0.39, 0.29) is 109 Å². The molecule has 86 heavy (non-hydrogen) atoms. The molecule has 8 unspecified atom stereocenters. The minimum Gasteiger partial charge on any atom is -0.481 e. The molecule has 0 amide bonds. The van der Waals surface area contributed by atoms with Crippen molar-refractivity contribution in [2.75, 3.05) is 26.4 Å². The van der Waals surface area contributed by atoms with Crippen molar-refractivity contribution < 1.29 is 76.8 Å². The van der Waals surface area contributed by atoms with Gasteiger partial charge >= 0.3 is 35.9 Å². The van der Waals surface area contributed by atoms with Crippen LogP contribution < -0.4 is 0 Å². The summed E-state index contributed by atoms with van der Waals surface area (Å²) < 4.78 is 27.1. The van der Waals surface area contributed by atoms with Crippen LogP contribution in [0.4, 0.5) is 4.79 Å². The Hall–Kier alpha value is -7.00. The molecule has 0 spiro atoms. The number of ether oxygens (including phenoxy) is 4. The molecule has 16 bridgehead atoms. The van der Waals surface area contributed by atoms with Gasteiger partial charge in [-0.3, -0.25) is 61.6 Å². The molecule has 3 heterocycles. The van der Waals surface area contributed by atoms with Gasteiger partial charge in [-0.05, 0) is 166 Å². The average molecular weight is 1190 g/mol. The molecular formula is C64H76N6O16. The third kappa shape index (κ3) is 10.1. The average Bonchev–Trinajstić information content (AvgIpc) is 0.857. The standard InChI is InChI=1S/C30H36N2O7.C27H34O8.C7H6N4O/c1-28(25(35)32-3-2-31-16-32,14-38-26(36)29-8-17-4-19(10-29)23(33)20(5-17)11-29)15-39-27(37)30-9-18-6-21(12-30)24(34)22(7-18)13-30;1-25(22(30)31,12-34-23(32)26-6-14-2-16(8-26)20(28)17(3-14)9-26)13-35-24(33)27-7-15-4-18(10-27)21(29)19(5-15)11-27;12-7(10-3-1-8-5-10)11-4-2-9-6-11/h2-3,16-22H,4-15H2,1H3;14-19H,2-13H2,1H3,(H,30,31);1-6H. The first-order chi connectivity index (χ1) is 41.0. The monoisotopic (exact) mass is 1180 g/mol. The zero-order valence-electron chi connectivity index (χ0n) is 48.8. The number of aliphatic carboxylic acids is 1. The SMILES string of the molecule is CC(COC(=O)C12CC3CC(C1)C(=O)C(C3)C2)(COC(=O)C12CC3CC(C1)C(=O)C(C3)C2)C(=O)O.CC(COC(=O)C12CC3CC(C1)C(=O)C(C3)C2)(COC(=O)C12CC3CC(C1)C(=O)C(C3)C2)C(=O)n1ccnc1.O=C(n1ccnc1)n1ccnc1. The molecule has 22 heteroatoms. The molecule has 16 fully saturated rings. The van der Waals surface area contributed by atoms with Crippen molar-refractivity contribution in [1.29, 1.82) is 0 Å². The summed E-state index contributed by atoms with van der Waals surface area (Å²) in [6.45, 7) is 1.86. The van der Waals surface area contributed by atoms with Crippen LogP contribution in [-0.2, 0) is 62.1 Å². The van der Waals surface area contributed by atoms with Crippen molar-refractivity contribution in [3.05, 3.63) is 56.2 Å². The number of carbonyl (C=O) groups is 11. The van der Waals surface area contributed by atoms with Crippen LogP contribution in [0.15, 0.2) is 56.2 Å². The van der Waals surface area contributed by atoms with Crippen LogP contribution in [0, 0.1) is 104 Å². The van der Waals surface area contributed by atoms with Crippen LogP contribution in [0.3, 0.4) is 0 Å². The Balaban J connectivity index is 0.000000134. The highest BCUT2D eigenvalue weighted by molar-refractivity contribution is 5.93. The predicted molar refractivity (Wildman–Crippen MR) is 295 cm³/mol. The summed E-state index contributed by atoms with van der Waals surface area (Å²) >= 11 is 0. The molecule has 16 aliphatic carbocycles. The van der Waals surface area contributed by atoms with Gasteiger partial charge in [-0.15, -0.1) is 0 Å². The molecule has 3 aromatic rings. The summed E-state index contributed by atoms with van der Waals surface area (Å²) in [4.78, 5) is 152. The van der Waals surface area contributed by atoms with Crippen LogP contribution in [0.25, 0.3) is 0 Å². The van der Waals surface area contributed by atoms with E-state index in [1.807, 2.05) is 0 Å². The van der Waals surface area contributed by atoms with Crippen LogP contribution in [0.5, 0.6) is 0 Å². The summed E-state index contributed by atoms with van der Waals surface area (Å²) in [5, 5.41) is 9.92. The molecule has 0 saturated heterocycles. The van der Waals surface area contributed by atoms with Crippen molar-refractivity contribution in [2.45, 2.75) is 142 Å². The molecule has 16 saturated carbocycles. The first kappa shape index (κ1) is 58.0. The number of carboxylic acid groups (broad SMARTS) is 1. The van der Waals surface area contributed by atoms with E-state index in [9.17, 15) is 57.8 Å². The van der Waals surface area contributed by atoms with E-state index in [0.29, 0.717) is 99.4 Å². The van der Waals surface area contributed by atoms with Crippen molar-refractivity contribution in [2.24, 2.45) is 104 Å². The molecule has 0 aromatic carbocycles. The van der Waals surface area contributed by atoms with E-state index in [1.165, 1.54) is 52.0 Å². The fourth-order valence-corrected chi connectivity index (χ4v) is 19.4. The Morgan fingerprint density at radius 2 is 0.663 bits per heavy atom. The van der Waals surface area contributed by atoms with Crippen LogP contribution >= 0.6 is 0 Å². The van der Waals surface area contributed by atoms with Gasteiger partial charge in [0.25, 0.3) is 0 Å². The minimum atomic E-state index is -1.57. The Morgan fingerprint density at radius 3 is 0.895 bits per heavy atom. The van der Waals surface area contributed by atoms with E-state index in [1.54, 1.807) is 31.7 Å². The van der Waals surface area contributed by atoms with E-state index in [2.05, 4.69) is 15.0 Å². The number of carboxylic acids is 1. The van der Waals surface area contributed by atoms with E-state index in [4.69, 9.17) is 18.9 Å². The molecule has 0 aliphatic heterocycles. The number of nitrogens with zero attached hydrogens (tertiary/aromatic N) is 6. The lowest BCUT2D eigenvalue weighted by Gasteiger charge is -2.54. The second-order valence-electron chi connectivity index (χ2n) is 29.3. The maximum Gasteiger partial charge on any atom is 0.338 e. The number of aromatic nitrogens is 6. The number of rotatable bonds is 14. The normalized spacial score (nSPS) is 38.0. The van der Waals surface area contributed by atoms with Crippen molar-refractivity contribution in [1.82, 2.24) is 28.7 Å². The molecular weight excluding hydrogens is 1110 g/mol. The highest BCUT2D eigenvalue weighted by Crippen LogP contribution is 2.63. The van der Waals surface area contributed by atoms with Crippen molar-refractivity contribution in [3.8, 4) is 0 Å². The third-order valence-corrected chi connectivity index (χ3v) is 23.0. The highest BCUT2D eigenvalue weighted by atomic mass is 16.6. The number of Topliss-reactive ketones (excluding diaryl/α,β-unsaturated/α-hetero) is 4. The minimum absolute atomic E-state index is 0.0594. The van der Waals surface area contributed by atoms with Gasteiger partial charge in [0.1, 0.15) is 79.4 Å². The predicted octanol–water partition coefficient (Wildman–Crippen LogP) is 6.96. The fourth-order valence-electron chi connectivity index (χ4n) is 19.4. The molecule has 3 aromatic heterocycles. The Bertz CT molecular complexity index is 3030. The topological polar surface area (TPSA) is 298 Å². The van der Waals surface area contributed by atoms with Crippen LogP contribution in [0.2, 0.25) is 0 Å². The summed E-state index contributed by atoms with van der Waals surface area (Å²) in [7, 11) is 0. The smallest absolute Gasteiger partial charge is 0.338 e. The van der Waals surface area contributed by atoms with Gasteiger partial charge in [-0.2, -0.15) is 0 Å². The van der Waals surface area contributed by atoms with Gasteiger partial charge in [-0.25, -0.2) is 19.7 Å². The number of carbonyl (C=O) groups excluding carboxylic acids is 10. The zero-order valence-corrected chi connectivity index (χ0v) is 48.8. The van der Waals surface area contributed by atoms with Crippen molar-refractivity contribution >= 4 is 64.9 Å². The van der Waals surface area contributed by atoms with Gasteiger partial charge < -0.3 is 24.1 Å². The summed E-state index contributed by atoms with van der Waals surface area (Å²) in [5.41, 5.74) is -5.58. The number of ketones is 4. The van der Waals surface area contributed by atoms with Gasteiger partial charge in [0.05, 0.1) is 21.7 Å². The van der Waals surface area contributed by atoms with Gasteiger partial charge in [0, 0.05) is 84.5 Å².